The largest absolute Gasteiger partial charge is 0.494 e. The van der Waals surface area contributed by atoms with Gasteiger partial charge in [-0.15, -0.1) is 0 Å². The number of urea groups is 1. The van der Waals surface area contributed by atoms with E-state index in [2.05, 4.69) is 5.32 Å². The van der Waals surface area contributed by atoms with Crippen molar-refractivity contribution in [2.24, 2.45) is 0 Å². The molecule has 0 bridgehead atoms. The maximum Gasteiger partial charge on any atom is 0.325 e. The fourth-order valence-corrected chi connectivity index (χ4v) is 3.61. The molecule has 1 aliphatic heterocycles. The van der Waals surface area contributed by atoms with Gasteiger partial charge in [-0.3, -0.25) is 19.3 Å². The van der Waals surface area contributed by atoms with E-state index in [1.54, 1.807) is 24.3 Å². The first kappa shape index (κ1) is 19.9. The summed E-state index contributed by atoms with van der Waals surface area (Å²) in [5.41, 5.74) is -0.376. The van der Waals surface area contributed by atoms with Gasteiger partial charge in [-0.05, 0) is 44.0 Å². The lowest BCUT2D eigenvalue weighted by molar-refractivity contribution is -0.143. The van der Waals surface area contributed by atoms with Crippen LogP contribution < -0.4 is 10.1 Å². The molecule has 28 heavy (non-hydrogen) atoms. The lowest BCUT2D eigenvalue weighted by Gasteiger charge is -2.19. The van der Waals surface area contributed by atoms with Crippen LogP contribution in [0, 0.1) is 0 Å². The van der Waals surface area contributed by atoms with Gasteiger partial charge in [-0.1, -0.05) is 12.8 Å². The summed E-state index contributed by atoms with van der Waals surface area (Å²) in [6, 6.07) is 6.10. The first-order valence-electron chi connectivity index (χ1n) is 9.51. The van der Waals surface area contributed by atoms with Crippen LogP contribution in [0.15, 0.2) is 24.3 Å². The van der Waals surface area contributed by atoms with E-state index in [0.717, 1.165) is 17.7 Å². The van der Waals surface area contributed by atoms with Crippen molar-refractivity contribution in [2.75, 3.05) is 19.8 Å². The van der Waals surface area contributed by atoms with E-state index in [1.165, 1.54) is 0 Å². The summed E-state index contributed by atoms with van der Waals surface area (Å²) in [5, 5.41) is 2.76. The molecule has 1 N–H and O–H groups in total. The van der Waals surface area contributed by atoms with Crippen LogP contribution in [0.25, 0.3) is 0 Å². The topological polar surface area (TPSA) is 102 Å². The number of rotatable bonds is 8. The molecule has 0 unspecified atom stereocenters. The highest BCUT2D eigenvalue weighted by Crippen LogP contribution is 2.35. The average molecular weight is 388 g/mol. The van der Waals surface area contributed by atoms with Crippen molar-refractivity contribution in [1.82, 2.24) is 10.2 Å². The number of nitrogens with zero attached hydrogens (tertiary/aromatic N) is 1. The molecule has 1 heterocycles. The molecule has 2 aliphatic rings. The van der Waals surface area contributed by atoms with E-state index in [9.17, 15) is 19.2 Å². The number of benzene rings is 1. The van der Waals surface area contributed by atoms with Gasteiger partial charge in [0.1, 0.15) is 11.3 Å². The zero-order valence-electron chi connectivity index (χ0n) is 15.9. The van der Waals surface area contributed by atoms with Gasteiger partial charge in [-0.25, -0.2) is 4.79 Å². The Bertz CT molecular complexity index is 767. The van der Waals surface area contributed by atoms with Crippen LogP contribution in [-0.2, 0) is 14.3 Å². The number of carbonyl (C=O) groups excluding carboxylic acids is 4. The van der Waals surface area contributed by atoms with Crippen LogP contribution in [0.4, 0.5) is 4.79 Å². The third-order valence-corrected chi connectivity index (χ3v) is 5.09. The van der Waals surface area contributed by atoms with Crippen molar-refractivity contribution < 1.29 is 28.7 Å². The van der Waals surface area contributed by atoms with E-state index >= 15 is 0 Å². The maximum atomic E-state index is 12.5. The fraction of sp³-hybridized carbons (Fsp3) is 0.500. The van der Waals surface area contributed by atoms with Gasteiger partial charge in [0, 0.05) is 12.1 Å². The molecule has 8 heteroatoms. The molecular weight excluding hydrogens is 364 g/mol. The first-order chi connectivity index (χ1) is 13.4. The summed E-state index contributed by atoms with van der Waals surface area (Å²) < 4.78 is 10.3. The Labute approximate surface area is 163 Å². The van der Waals surface area contributed by atoms with Crippen LogP contribution in [-0.4, -0.2) is 53.9 Å². The van der Waals surface area contributed by atoms with E-state index in [-0.39, 0.29) is 24.7 Å². The molecule has 3 amide bonds. The molecule has 3 rings (SSSR count). The lowest BCUT2D eigenvalue weighted by Crippen LogP contribution is -2.44. The average Bonchev–Trinajstić information content (AvgIpc) is 3.24. The Morgan fingerprint density at radius 3 is 2.46 bits per heavy atom. The number of esters is 1. The van der Waals surface area contributed by atoms with Crippen molar-refractivity contribution in [3.8, 4) is 5.75 Å². The second-order valence-corrected chi connectivity index (χ2v) is 6.97. The SMILES string of the molecule is CCOc1ccc(C(=O)COC(=O)CCN2C(=O)NC3(CCCC3)C2=O)cc1. The third kappa shape index (κ3) is 4.16. The summed E-state index contributed by atoms with van der Waals surface area (Å²) >= 11 is 0. The zero-order chi connectivity index (χ0) is 20.1. The summed E-state index contributed by atoms with van der Waals surface area (Å²) in [5.74, 6) is -0.582. The van der Waals surface area contributed by atoms with E-state index in [0.29, 0.717) is 30.8 Å². The lowest BCUT2D eigenvalue weighted by atomic mass is 9.98. The van der Waals surface area contributed by atoms with Crippen molar-refractivity contribution in [3.05, 3.63) is 29.8 Å². The van der Waals surface area contributed by atoms with Crippen molar-refractivity contribution >= 4 is 23.7 Å². The standard InChI is InChI=1S/C20H24N2O6/c1-2-27-15-7-5-14(6-8-15)16(23)13-28-17(24)9-12-22-18(25)20(21-19(22)26)10-3-4-11-20/h5-8H,2-4,9-13H2,1H3,(H,21,26). The highest BCUT2D eigenvalue weighted by atomic mass is 16.5. The number of ketones is 1. The number of imide groups is 1. The van der Waals surface area contributed by atoms with E-state index in [4.69, 9.17) is 9.47 Å². The molecule has 1 aliphatic carbocycles. The quantitative estimate of drug-likeness (QED) is 0.416. The Balaban J connectivity index is 1.45. The molecule has 0 atom stereocenters. The molecule has 1 saturated carbocycles. The number of hydrogen-bond acceptors (Lipinski definition) is 6. The predicted molar refractivity (Wildman–Crippen MR) is 99.0 cm³/mol. The molecule has 1 spiro atoms. The molecule has 0 radical (unpaired) electrons. The van der Waals surface area contributed by atoms with Crippen LogP contribution in [0.3, 0.4) is 0 Å². The van der Waals surface area contributed by atoms with Crippen molar-refractivity contribution in [2.45, 2.75) is 44.6 Å². The minimum Gasteiger partial charge on any atom is -0.494 e. The Morgan fingerprint density at radius 1 is 1.14 bits per heavy atom. The number of Topliss-reactive ketones (excluding diaryl/α,β-unsaturated/α-hetero) is 1. The molecule has 150 valence electrons. The highest BCUT2D eigenvalue weighted by Gasteiger charge is 2.52. The van der Waals surface area contributed by atoms with Crippen LogP contribution in [0.2, 0.25) is 0 Å². The van der Waals surface area contributed by atoms with Gasteiger partial charge in [0.2, 0.25) is 0 Å². The van der Waals surface area contributed by atoms with Gasteiger partial charge in [0.25, 0.3) is 5.91 Å². The molecular formula is C20H24N2O6. The monoisotopic (exact) mass is 388 g/mol. The van der Waals surface area contributed by atoms with Gasteiger partial charge >= 0.3 is 12.0 Å². The number of hydrogen-bond donors (Lipinski definition) is 1. The summed E-state index contributed by atoms with van der Waals surface area (Å²) in [7, 11) is 0. The Hall–Kier alpha value is -2.90. The number of ether oxygens (including phenoxy) is 2. The summed E-state index contributed by atoms with van der Waals surface area (Å²) in [6.45, 7) is 1.95. The molecule has 8 nitrogen and oxygen atoms in total. The molecule has 1 aromatic rings. The van der Waals surface area contributed by atoms with Crippen LogP contribution in [0.1, 0.15) is 49.4 Å². The number of carbonyl (C=O) groups is 4. The van der Waals surface area contributed by atoms with Crippen LogP contribution in [0.5, 0.6) is 5.75 Å². The van der Waals surface area contributed by atoms with Gasteiger partial charge in [0.15, 0.2) is 12.4 Å². The Kier molecular flexibility index (Phi) is 5.96. The second kappa shape index (κ2) is 8.41. The number of nitrogens with one attached hydrogen (secondary N) is 1. The normalized spacial score (nSPS) is 17.7. The van der Waals surface area contributed by atoms with Gasteiger partial charge in [0.05, 0.1) is 13.0 Å². The minimum atomic E-state index is -0.787. The molecule has 1 saturated heterocycles. The van der Waals surface area contributed by atoms with Crippen molar-refractivity contribution in [1.29, 1.82) is 0 Å². The van der Waals surface area contributed by atoms with Crippen molar-refractivity contribution in [3.63, 3.8) is 0 Å². The Morgan fingerprint density at radius 2 is 1.82 bits per heavy atom. The molecule has 2 fully saturated rings. The zero-order valence-corrected chi connectivity index (χ0v) is 15.9. The van der Waals surface area contributed by atoms with Gasteiger partial charge in [-0.2, -0.15) is 0 Å². The minimum absolute atomic E-state index is 0.0531. The number of amides is 3. The fourth-order valence-electron chi connectivity index (χ4n) is 3.61. The maximum absolute atomic E-state index is 12.5. The van der Waals surface area contributed by atoms with E-state index in [1.807, 2.05) is 6.92 Å². The summed E-state index contributed by atoms with van der Waals surface area (Å²) in [4.78, 5) is 49.7. The van der Waals surface area contributed by atoms with E-state index < -0.39 is 24.1 Å². The summed E-state index contributed by atoms with van der Waals surface area (Å²) in [6.07, 6.45) is 2.92. The molecule has 1 aromatic carbocycles. The molecule has 0 aromatic heterocycles. The van der Waals surface area contributed by atoms with Gasteiger partial charge < -0.3 is 14.8 Å². The smallest absolute Gasteiger partial charge is 0.325 e. The predicted octanol–water partition coefficient (Wildman–Crippen LogP) is 2.07. The third-order valence-electron chi connectivity index (χ3n) is 5.09. The highest BCUT2D eigenvalue weighted by molar-refractivity contribution is 6.07. The van der Waals surface area contributed by atoms with Crippen LogP contribution >= 0.6 is 0 Å². The second-order valence-electron chi connectivity index (χ2n) is 6.97. The first-order valence-corrected chi connectivity index (χ1v) is 9.51.